The maximum atomic E-state index is 12.5. The summed E-state index contributed by atoms with van der Waals surface area (Å²) >= 11 is 0. The molecular formula is C17H22N2O4S. The SMILES string of the molecule is Cc1ccc2c(CC(=O)N3CCN(S(C)(=O)=O)CC3)coc2c1C. The molecule has 0 N–H and O–H groups in total. The van der Waals surface area contributed by atoms with E-state index in [2.05, 4.69) is 0 Å². The molecule has 2 heterocycles. The van der Waals surface area contributed by atoms with Gasteiger partial charge in [-0.1, -0.05) is 12.1 Å². The van der Waals surface area contributed by atoms with E-state index in [9.17, 15) is 13.2 Å². The largest absolute Gasteiger partial charge is 0.464 e. The second kappa shape index (κ2) is 6.22. The Balaban J connectivity index is 1.71. The Hall–Kier alpha value is -1.86. The molecule has 0 radical (unpaired) electrons. The van der Waals surface area contributed by atoms with Crippen LogP contribution in [-0.4, -0.2) is 56.0 Å². The number of aryl methyl sites for hydroxylation is 2. The molecule has 0 spiro atoms. The fourth-order valence-electron chi connectivity index (χ4n) is 3.07. The van der Waals surface area contributed by atoms with Gasteiger partial charge >= 0.3 is 0 Å². The molecule has 130 valence electrons. The van der Waals surface area contributed by atoms with Crippen molar-refractivity contribution in [1.29, 1.82) is 0 Å². The van der Waals surface area contributed by atoms with E-state index in [1.807, 2.05) is 26.0 Å². The van der Waals surface area contributed by atoms with E-state index < -0.39 is 10.0 Å². The number of carbonyl (C=O) groups excluding carboxylic acids is 1. The fourth-order valence-corrected chi connectivity index (χ4v) is 3.90. The van der Waals surface area contributed by atoms with Crippen molar-refractivity contribution in [2.75, 3.05) is 32.4 Å². The minimum absolute atomic E-state index is 0.00378. The Morgan fingerprint density at radius 2 is 1.83 bits per heavy atom. The van der Waals surface area contributed by atoms with Crippen molar-refractivity contribution in [1.82, 2.24) is 9.21 Å². The maximum Gasteiger partial charge on any atom is 0.227 e. The number of benzene rings is 1. The number of hydrogen-bond acceptors (Lipinski definition) is 4. The first-order chi connectivity index (χ1) is 11.3. The number of hydrogen-bond donors (Lipinski definition) is 0. The van der Waals surface area contributed by atoms with E-state index in [1.165, 1.54) is 10.6 Å². The molecule has 1 fully saturated rings. The minimum Gasteiger partial charge on any atom is -0.464 e. The highest BCUT2D eigenvalue weighted by Crippen LogP contribution is 2.27. The zero-order chi connectivity index (χ0) is 17.5. The van der Waals surface area contributed by atoms with Crippen molar-refractivity contribution >= 4 is 26.9 Å². The molecule has 1 saturated heterocycles. The summed E-state index contributed by atoms with van der Waals surface area (Å²) in [6, 6.07) is 4.03. The van der Waals surface area contributed by atoms with Gasteiger partial charge in [0.15, 0.2) is 0 Å². The summed E-state index contributed by atoms with van der Waals surface area (Å²) in [6.45, 7) is 5.62. The standard InChI is InChI=1S/C17H22N2O4S/c1-12-4-5-15-14(11-23-17(15)13(12)2)10-16(20)18-6-8-19(9-7-18)24(3,21)22/h4-5,11H,6-10H2,1-3H3. The Morgan fingerprint density at radius 1 is 1.17 bits per heavy atom. The number of fused-ring (bicyclic) bond motifs is 1. The summed E-state index contributed by atoms with van der Waals surface area (Å²) in [5.41, 5.74) is 3.96. The van der Waals surface area contributed by atoms with E-state index >= 15 is 0 Å². The van der Waals surface area contributed by atoms with Crippen molar-refractivity contribution < 1.29 is 17.6 Å². The van der Waals surface area contributed by atoms with Crippen LogP contribution in [0.3, 0.4) is 0 Å². The van der Waals surface area contributed by atoms with Crippen LogP contribution in [-0.2, 0) is 21.2 Å². The number of sulfonamides is 1. The van der Waals surface area contributed by atoms with Crippen LogP contribution in [0.1, 0.15) is 16.7 Å². The zero-order valence-electron chi connectivity index (χ0n) is 14.2. The van der Waals surface area contributed by atoms with Gasteiger partial charge in [-0.25, -0.2) is 8.42 Å². The highest BCUT2D eigenvalue weighted by Gasteiger charge is 2.26. The van der Waals surface area contributed by atoms with Crippen LogP contribution >= 0.6 is 0 Å². The third-order valence-electron chi connectivity index (χ3n) is 4.74. The molecule has 3 rings (SSSR count). The lowest BCUT2D eigenvalue weighted by Gasteiger charge is -2.33. The lowest BCUT2D eigenvalue weighted by molar-refractivity contribution is -0.131. The van der Waals surface area contributed by atoms with Gasteiger partial charge in [0.25, 0.3) is 0 Å². The molecule has 6 nitrogen and oxygen atoms in total. The summed E-state index contributed by atoms with van der Waals surface area (Å²) in [5.74, 6) is 0.00378. The summed E-state index contributed by atoms with van der Waals surface area (Å²) in [5, 5.41) is 0.973. The van der Waals surface area contributed by atoms with E-state index in [0.29, 0.717) is 26.2 Å². The van der Waals surface area contributed by atoms with Crippen molar-refractivity contribution in [3.63, 3.8) is 0 Å². The van der Waals surface area contributed by atoms with Crippen molar-refractivity contribution in [2.45, 2.75) is 20.3 Å². The van der Waals surface area contributed by atoms with Crippen molar-refractivity contribution in [3.05, 3.63) is 35.1 Å². The molecule has 0 saturated carbocycles. The first-order valence-corrected chi connectivity index (χ1v) is 9.81. The van der Waals surface area contributed by atoms with Crippen molar-refractivity contribution in [2.24, 2.45) is 0 Å². The predicted octanol–water partition coefficient (Wildman–Crippen LogP) is 1.70. The molecule has 0 unspecified atom stereocenters. The Bertz CT molecular complexity index is 877. The highest BCUT2D eigenvalue weighted by molar-refractivity contribution is 7.88. The highest BCUT2D eigenvalue weighted by atomic mass is 32.2. The molecule has 0 atom stereocenters. The van der Waals surface area contributed by atoms with E-state index in [4.69, 9.17) is 4.42 Å². The molecule has 24 heavy (non-hydrogen) atoms. The molecule has 1 amide bonds. The number of nitrogens with zero attached hydrogens (tertiary/aromatic N) is 2. The predicted molar refractivity (Wildman–Crippen MR) is 92.4 cm³/mol. The number of piperazine rings is 1. The van der Waals surface area contributed by atoms with Crippen LogP contribution in [0.4, 0.5) is 0 Å². The lowest BCUT2D eigenvalue weighted by Crippen LogP contribution is -2.50. The molecule has 2 aromatic rings. The number of amides is 1. The Kier molecular flexibility index (Phi) is 4.40. The first-order valence-electron chi connectivity index (χ1n) is 7.96. The second-order valence-corrected chi connectivity index (χ2v) is 8.35. The molecule has 0 aliphatic carbocycles. The summed E-state index contributed by atoms with van der Waals surface area (Å²) in [6.07, 6.45) is 3.13. The molecule has 1 aliphatic heterocycles. The van der Waals surface area contributed by atoms with Gasteiger partial charge in [0.05, 0.1) is 18.9 Å². The summed E-state index contributed by atoms with van der Waals surface area (Å²) in [7, 11) is -3.18. The van der Waals surface area contributed by atoms with Gasteiger partial charge in [-0.15, -0.1) is 0 Å². The number of furan rings is 1. The molecule has 1 aromatic heterocycles. The van der Waals surface area contributed by atoms with Crippen LogP contribution in [0.2, 0.25) is 0 Å². The van der Waals surface area contributed by atoms with Crippen molar-refractivity contribution in [3.8, 4) is 0 Å². The van der Waals surface area contributed by atoms with Gasteiger partial charge in [0.2, 0.25) is 15.9 Å². The van der Waals surface area contributed by atoms with Gasteiger partial charge in [-0.05, 0) is 25.0 Å². The fraction of sp³-hybridized carbons (Fsp3) is 0.471. The number of carbonyl (C=O) groups is 1. The van der Waals surface area contributed by atoms with E-state index in [0.717, 1.165) is 27.7 Å². The van der Waals surface area contributed by atoms with Gasteiger partial charge in [0, 0.05) is 37.1 Å². The zero-order valence-corrected chi connectivity index (χ0v) is 15.0. The van der Waals surface area contributed by atoms with E-state index in [-0.39, 0.29) is 12.3 Å². The van der Waals surface area contributed by atoms with Crippen LogP contribution in [0.15, 0.2) is 22.8 Å². The number of rotatable bonds is 3. The topological polar surface area (TPSA) is 70.8 Å². The van der Waals surface area contributed by atoms with Gasteiger partial charge in [-0.3, -0.25) is 4.79 Å². The smallest absolute Gasteiger partial charge is 0.227 e. The van der Waals surface area contributed by atoms with Crippen LogP contribution < -0.4 is 0 Å². The molecular weight excluding hydrogens is 328 g/mol. The second-order valence-electron chi connectivity index (χ2n) is 6.36. The summed E-state index contributed by atoms with van der Waals surface area (Å²) in [4.78, 5) is 14.3. The average molecular weight is 350 g/mol. The molecule has 7 heteroatoms. The Labute approximate surface area is 142 Å². The lowest BCUT2D eigenvalue weighted by atomic mass is 10.0. The van der Waals surface area contributed by atoms with Crippen LogP contribution in [0, 0.1) is 13.8 Å². The third kappa shape index (κ3) is 3.18. The first kappa shape index (κ1) is 17.0. The quantitative estimate of drug-likeness (QED) is 0.845. The van der Waals surface area contributed by atoms with Gasteiger partial charge in [-0.2, -0.15) is 4.31 Å². The van der Waals surface area contributed by atoms with Crippen LogP contribution in [0.25, 0.3) is 11.0 Å². The van der Waals surface area contributed by atoms with E-state index in [1.54, 1.807) is 11.2 Å². The maximum absolute atomic E-state index is 12.5. The Morgan fingerprint density at radius 3 is 2.46 bits per heavy atom. The molecule has 1 aromatic carbocycles. The summed E-state index contributed by atoms with van der Waals surface area (Å²) < 4.78 is 30.1. The minimum atomic E-state index is -3.18. The van der Waals surface area contributed by atoms with Gasteiger partial charge in [0.1, 0.15) is 5.58 Å². The third-order valence-corrected chi connectivity index (χ3v) is 6.05. The monoisotopic (exact) mass is 350 g/mol. The molecule has 0 bridgehead atoms. The molecule has 1 aliphatic rings. The average Bonchev–Trinajstić information content (AvgIpc) is 2.94. The van der Waals surface area contributed by atoms with Crippen LogP contribution in [0.5, 0.6) is 0 Å². The van der Waals surface area contributed by atoms with Gasteiger partial charge < -0.3 is 9.32 Å². The normalized spacial score (nSPS) is 16.7.